The van der Waals surface area contributed by atoms with Crippen molar-refractivity contribution >= 4 is 18.3 Å². The largest absolute Gasteiger partial charge is 0.354 e. The summed E-state index contributed by atoms with van der Waals surface area (Å²) in [5, 5.41) is 3.08. The van der Waals surface area contributed by atoms with Crippen LogP contribution < -0.4 is 11.1 Å². The Balaban J connectivity index is 0.00000208. The predicted molar refractivity (Wildman–Crippen MR) is 100 cm³/mol. The van der Waals surface area contributed by atoms with Crippen molar-refractivity contribution in [3.05, 3.63) is 71.8 Å². The van der Waals surface area contributed by atoms with Crippen LogP contribution in [0, 0.1) is 5.41 Å². The Labute approximate surface area is 150 Å². The molecule has 1 fully saturated rings. The number of halogens is 1. The molecule has 0 radical (unpaired) electrons. The summed E-state index contributed by atoms with van der Waals surface area (Å²) in [5.74, 6) is 0.152. The number of amides is 1. The number of nitrogens with one attached hydrogen (secondary N) is 1. The third-order valence-electron chi connectivity index (χ3n) is 4.89. The predicted octanol–water partition coefficient (Wildman–Crippen LogP) is 3.64. The van der Waals surface area contributed by atoms with Gasteiger partial charge in [-0.3, -0.25) is 4.79 Å². The van der Waals surface area contributed by atoms with E-state index >= 15 is 0 Å². The molecule has 1 aliphatic carbocycles. The van der Waals surface area contributed by atoms with Gasteiger partial charge in [-0.15, -0.1) is 12.4 Å². The zero-order valence-corrected chi connectivity index (χ0v) is 14.6. The monoisotopic (exact) mass is 344 g/mol. The number of rotatable bonds is 6. The number of hydrogen-bond acceptors (Lipinski definition) is 2. The normalized spacial score (nSPS) is 16.4. The van der Waals surface area contributed by atoms with E-state index in [-0.39, 0.29) is 29.8 Å². The van der Waals surface area contributed by atoms with E-state index in [9.17, 15) is 4.79 Å². The first kappa shape index (κ1) is 18.5. The van der Waals surface area contributed by atoms with Gasteiger partial charge in [-0.05, 0) is 30.4 Å². The molecule has 3 nitrogen and oxygen atoms in total. The van der Waals surface area contributed by atoms with Crippen molar-refractivity contribution in [1.82, 2.24) is 5.32 Å². The molecule has 0 spiro atoms. The Morgan fingerprint density at radius 1 is 1.04 bits per heavy atom. The van der Waals surface area contributed by atoms with Crippen molar-refractivity contribution in [3.63, 3.8) is 0 Å². The van der Waals surface area contributed by atoms with E-state index < -0.39 is 0 Å². The van der Waals surface area contributed by atoms with Crippen LogP contribution in [0.4, 0.5) is 0 Å². The van der Waals surface area contributed by atoms with Gasteiger partial charge in [0.2, 0.25) is 5.91 Å². The van der Waals surface area contributed by atoms with Crippen molar-refractivity contribution in [2.45, 2.75) is 31.7 Å². The zero-order valence-electron chi connectivity index (χ0n) is 13.8. The minimum absolute atomic E-state index is 0. The Hall–Kier alpha value is -1.84. The fourth-order valence-corrected chi connectivity index (χ4v) is 3.28. The molecule has 0 saturated heterocycles. The van der Waals surface area contributed by atoms with Crippen molar-refractivity contribution in [3.8, 4) is 0 Å². The number of carbonyl (C=O) groups excluding carboxylic acids is 1. The summed E-state index contributed by atoms with van der Waals surface area (Å²) in [6.45, 7) is 0.486. The van der Waals surface area contributed by atoms with Gasteiger partial charge >= 0.3 is 0 Å². The molecule has 1 saturated carbocycles. The van der Waals surface area contributed by atoms with Crippen LogP contribution in [0.5, 0.6) is 0 Å². The van der Waals surface area contributed by atoms with Gasteiger partial charge < -0.3 is 11.1 Å². The van der Waals surface area contributed by atoms with Crippen LogP contribution in [0.1, 0.15) is 36.4 Å². The first-order valence-corrected chi connectivity index (χ1v) is 8.32. The number of benzene rings is 2. The van der Waals surface area contributed by atoms with Crippen LogP contribution >= 0.6 is 12.4 Å². The molecule has 1 atom stereocenters. The lowest BCUT2D eigenvalue weighted by atomic mass is 9.64. The summed E-state index contributed by atoms with van der Waals surface area (Å²) in [7, 11) is 0. The Bertz CT molecular complexity index is 641. The van der Waals surface area contributed by atoms with E-state index in [1.165, 1.54) is 5.56 Å². The van der Waals surface area contributed by atoms with E-state index in [0.29, 0.717) is 6.54 Å². The SMILES string of the molecule is Cl.NC(CNC(=O)C1(Cc2ccccc2)CCC1)c1ccccc1. The van der Waals surface area contributed by atoms with Crippen LogP contribution in [-0.2, 0) is 11.2 Å². The molecule has 0 aromatic heterocycles. The van der Waals surface area contributed by atoms with Crippen molar-refractivity contribution in [2.75, 3.05) is 6.54 Å². The van der Waals surface area contributed by atoms with Gasteiger partial charge in [0.05, 0.1) is 5.41 Å². The van der Waals surface area contributed by atoms with Crippen LogP contribution in [0.3, 0.4) is 0 Å². The van der Waals surface area contributed by atoms with Gasteiger partial charge in [-0.1, -0.05) is 67.1 Å². The highest BCUT2D eigenvalue weighted by atomic mass is 35.5. The van der Waals surface area contributed by atoms with Gasteiger partial charge in [-0.2, -0.15) is 0 Å². The highest BCUT2D eigenvalue weighted by Gasteiger charge is 2.43. The summed E-state index contributed by atoms with van der Waals surface area (Å²) in [6, 6.07) is 20.0. The van der Waals surface area contributed by atoms with E-state index in [2.05, 4.69) is 17.4 Å². The second-order valence-corrected chi connectivity index (χ2v) is 6.52. The number of hydrogen-bond donors (Lipinski definition) is 2. The molecule has 1 amide bonds. The summed E-state index contributed by atoms with van der Waals surface area (Å²) in [4.78, 5) is 12.7. The zero-order chi connectivity index (χ0) is 16.1. The van der Waals surface area contributed by atoms with Gasteiger partial charge in [0, 0.05) is 12.6 Å². The van der Waals surface area contributed by atoms with E-state index in [0.717, 1.165) is 31.2 Å². The molecule has 1 unspecified atom stereocenters. The van der Waals surface area contributed by atoms with E-state index in [4.69, 9.17) is 5.73 Å². The molecule has 0 heterocycles. The first-order chi connectivity index (χ1) is 11.2. The molecule has 128 valence electrons. The third-order valence-corrected chi connectivity index (χ3v) is 4.89. The topological polar surface area (TPSA) is 55.1 Å². The number of carbonyl (C=O) groups is 1. The fourth-order valence-electron chi connectivity index (χ4n) is 3.28. The van der Waals surface area contributed by atoms with Crippen LogP contribution in [0.15, 0.2) is 60.7 Å². The lowest BCUT2D eigenvalue weighted by molar-refractivity contribution is -0.136. The summed E-state index contributed by atoms with van der Waals surface area (Å²) in [5.41, 5.74) is 8.23. The van der Waals surface area contributed by atoms with E-state index in [1.807, 2.05) is 48.5 Å². The molecule has 24 heavy (non-hydrogen) atoms. The van der Waals surface area contributed by atoms with E-state index in [1.54, 1.807) is 0 Å². The smallest absolute Gasteiger partial charge is 0.226 e. The molecular formula is C20H25ClN2O. The van der Waals surface area contributed by atoms with Gasteiger partial charge in [0.25, 0.3) is 0 Å². The number of nitrogens with two attached hydrogens (primary N) is 1. The second-order valence-electron chi connectivity index (χ2n) is 6.52. The van der Waals surface area contributed by atoms with Crippen LogP contribution in [0.25, 0.3) is 0 Å². The third kappa shape index (κ3) is 4.16. The lowest BCUT2D eigenvalue weighted by Crippen LogP contribution is -2.48. The molecular weight excluding hydrogens is 320 g/mol. The minimum Gasteiger partial charge on any atom is -0.354 e. The minimum atomic E-state index is -0.238. The van der Waals surface area contributed by atoms with Gasteiger partial charge in [-0.25, -0.2) is 0 Å². The Kier molecular flexibility index (Phi) is 6.41. The molecule has 4 heteroatoms. The molecule has 1 aliphatic rings. The molecule has 2 aromatic carbocycles. The Morgan fingerprint density at radius 3 is 2.17 bits per heavy atom. The maximum absolute atomic E-state index is 12.7. The first-order valence-electron chi connectivity index (χ1n) is 8.32. The summed E-state index contributed by atoms with van der Waals surface area (Å²) < 4.78 is 0. The quantitative estimate of drug-likeness (QED) is 0.840. The van der Waals surface area contributed by atoms with Crippen LogP contribution in [-0.4, -0.2) is 12.5 Å². The maximum Gasteiger partial charge on any atom is 0.226 e. The van der Waals surface area contributed by atoms with Gasteiger partial charge in [0.15, 0.2) is 0 Å². The molecule has 2 aromatic rings. The average Bonchev–Trinajstić information content (AvgIpc) is 2.57. The van der Waals surface area contributed by atoms with Crippen molar-refractivity contribution in [1.29, 1.82) is 0 Å². The maximum atomic E-state index is 12.7. The summed E-state index contributed by atoms with van der Waals surface area (Å²) in [6.07, 6.45) is 3.88. The average molecular weight is 345 g/mol. The van der Waals surface area contributed by atoms with Crippen molar-refractivity contribution in [2.24, 2.45) is 11.1 Å². The highest BCUT2D eigenvalue weighted by molar-refractivity contribution is 5.85. The molecule has 0 bridgehead atoms. The second kappa shape index (κ2) is 8.32. The fraction of sp³-hybridized carbons (Fsp3) is 0.350. The molecule has 0 aliphatic heterocycles. The molecule has 3 rings (SSSR count). The Morgan fingerprint density at radius 2 is 1.62 bits per heavy atom. The molecule has 3 N–H and O–H groups in total. The lowest BCUT2D eigenvalue weighted by Gasteiger charge is -2.40. The van der Waals surface area contributed by atoms with Crippen LogP contribution in [0.2, 0.25) is 0 Å². The highest BCUT2D eigenvalue weighted by Crippen LogP contribution is 2.44. The van der Waals surface area contributed by atoms with Crippen molar-refractivity contribution < 1.29 is 4.79 Å². The summed E-state index contributed by atoms with van der Waals surface area (Å²) >= 11 is 0. The standard InChI is InChI=1S/C20H24N2O.ClH/c21-18(17-10-5-2-6-11-17)15-22-19(23)20(12-7-13-20)14-16-8-3-1-4-9-16;/h1-6,8-11,18H,7,12-15,21H2,(H,22,23);1H. The van der Waals surface area contributed by atoms with Gasteiger partial charge in [0.1, 0.15) is 0 Å².